The Hall–Kier alpha value is -0.610. The van der Waals surface area contributed by atoms with Gasteiger partial charge in [0.25, 0.3) is 0 Å². The van der Waals surface area contributed by atoms with E-state index in [2.05, 4.69) is 44.5 Å². The van der Waals surface area contributed by atoms with Crippen molar-refractivity contribution in [3.63, 3.8) is 0 Å². The molecule has 14 heavy (non-hydrogen) atoms. The molecular formula is C10H14BrN3. The maximum atomic E-state index is 4.29. The smallest absolute Gasteiger partial charge is 0.126 e. The van der Waals surface area contributed by atoms with Crippen molar-refractivity contribution in [3.8, 4) is 0 Å². The Morgan fingerprint density at radius 2 is 2.43 bits per heavy atom. The normalized spacial score (nSPS) is 16.4. The molecule has 76 valence electrons. The van der Waals surface area contributed by atoms with Crippen LogP contribution >= 0.6 is 15.9 Å². The Labute approximate surface area is 92.4 Å². The van der Waals surface area contributed by atoms with Crippen LogP contribution < -0.4 is 10.6 Å². The third-order valence-electron chi connectivity index (χ3n) is 2.48. The molecule has 1 fully saturated rings. The van der Waals surface area contributed by atoms with Gasteiger partial charge in [0.1, 0.15) is 5.82 Å². The van der Waals surface area contributed by atoms with E-state index in [-0.39, 0.29) is 0 Å². The van der Waals surface area contributed by atoms with Crippen LogP contribution in [-0.2, 0) is 0 Å². The average molecular weight is 256 g/mol. The summed E-state index contributed by atoms with van der Waals surface area (Å²) in [7, 11) is 0. The number of nitrogens with zero attached hydrogens (tertiary/aromatic N) is 1. The van der Waals surface area contributed by atoms with Crippen molar-refractivity contribution in [1.82, 2.24) is 10.3 Å². The Morgan fingerprint density at radius 1 is 1.64 bits per heavy atom. The van der Waals surface area contributed by atoms with Crippen molar-refractivity contribution in [2.75, 3.05) is 25.0 Å². The first kappa shape index (κ1) is 9.93. The first-order valence-corrected chi connectivity index (χ1v) is 5.62. The lowest BCUT2D eigenvalue weighted by molar-refractivity contribution is 0.365. The zero-order chi connectivity index (χ0) is 9.97. The molecule has 0 bridgehead atoms. The number of aryl methyl sites for hydroxylation is 1. The lowest BCUT2D eigenvalue weighted by atomic mass is 10.0. The van der Waals surface area contributed by atoms with Gasteiger partial charge >= 0.3 is 0 Å². The van der Waals surface area contributed by atoms with E-state index >= 15 is 0 Å². The third kappa shape index (κ3) is 2.25. The van der Waals surface area contributed by atoms with Gasteiger partial charge in [-0.05, 0) is 34.5 Å². The molecule has 0 amide bonds. The molecule has 0 aromatic carbocycles. The van der Waals surface area contributed by atoms with Crippen LogP contribution in [0.15, 0.2) is 16.7 Å². The summed E-state index contributed by atoms with van der Waals surface area (Å²) in [5.41, 5.74) is 1.22. The zero-order valence-corrected chi connectivity index (χ0v) is 9.76. The number of aromatic nitrogens is 1. The van der Waals surface area contributed by atoms with Crippen molar-refractivity contribution in [2.45, 2.75) is 6.92 Å². The van der Waals surface area contributed by atoms with Crippen molar-refractivity contribution < 1.29 is 0 Å². The Kier molecular flexibility index (Phi) is 3.03. The molecule has 0 spiro atoms. The molecule has 1 aromatic rings. The van der Waals surface area contributed by atoms with Gasteiger partial charge in [-0.1, -0.05) is 0 Å². The molecule has 0 aliphatic carbocycles. The fourth-order valence-corrected chi connectivity index (χ4v) is 1.59. The summed E-state index contributed by atoms with van der Waals surface area (Å²) in [6.45, 7) is 5.34. The van der Waals surface area contributed by atoms with Gasteiger partial charge in [-0.15, -0.1) is 0 Å². The number of hydrogen-bond donors (Lipinski definition) is 2. The van der Waals surface area contributed by atoms with E-state index in [1.807, 2.05) is 6.20 Å². The summed E-state index contributed by atoms with van der Waals surface area (Å²) >= 11 is 3.43. The van der Waals surface area contributed by atoms with Crippen molar-refractivity contribution in [1.29, 1.82) is 0 Å². The van der Waals surface area contributed by atoms with Gasteiger partial charge in [0, 0.05) is 36.2 Å². The number of pyridine rings is 1. The molecule has 2 rings (SSSR count). The van der Waals surface area contributed by atoms with Crippen molar-refractivity contribution >= 4 is 21.7 Å². The largest absolute Gasteiger partial charge is 0.370 e. The van der Waals surface area contributed by atoms with Gasteiger partial charge in [-0.3, -0.25) is 0 Å². The van der Waals surface area contributed by atoms with Crippen LogP contribution in [0.3, 0.4) is 0 Å². The molecule has 0 radical (unpaired) electrons. The van der Waals surface area contributed by atoms with Crippen LogP contribution in [0.2, 0.25) is 0 Å². The van der Waals surface area contributed by atoms with Crippen LogP contribution in [-0.4, -0.2) is 24.6 Å². The lowest BCUT2D eigenvalue weighted by Gasteiger charge is -2.27. The quantitative estimate of drug-likeness (QED) is 0.865. The second kappa shape index (κ2) is 4.28. The van der Waals surface area contributed by atoms with Crippen LogP contribution in [0.5, 0.6) is 0 Å². The maximum absolute atomic E-state index is 4.29. The minimum absolute atomic E-state index is 0.765. The van der Waals surface area contributed by atoms with E-state index < -0.39 is 0 Å². The highest BCUT2D eigenvalue weighted by Gasteiger charge is 2.15. The number of rotatable bonds is 3. The SMILES string of the molecule is Cc1cc(NCC2CNC2)ncc1Br. The van der Waals surface area contributed by atoms with E-state index in [4.69, 9.17) is 0 Å². The fraction of sp³-hybridized carbons (Fsp3) is 0.500. The average Bonchev–Trinajstić information content (AvgIpc) is 2.08. The molecule has 1 aromatic heterocycles. The third-order valence-corrected chi connectivity index (χ3v) is 3.31. The first-order chi connectivity index (χ1) is 6.75. The predicted octanol–water partition coefficient (Wildman–Crippen LogP) is 1.78. The summed E-state index contributed by atoms with van der Waals surface area (Å²) in [4.78, 5) is 4.29. The molecule has 0 unspecified atom stereocenters. The lowest BCUT2D eigenvalue weighted by Crippen LogP contribution is -2.45. The van der Waals surface area contributed by atoms with E-state index in [1.54, 1.807) is 0 Å². The second-order valence-electron chi connectivity index (χ2n) is 3.72. The summed E-state index contributed by atoms with van der Waals surface area (Å²) in [5, 5.41) is 6.59. The Morgan fingerprint density at radius 3 is 3.00 bits per heavy atom. The van der Waals surface area contributed by atoms with Gasteiger partial charge in [-0.2, -0.15) is 0 Å². The number of nitrogens with one attached hydrogen (secondary N) is 2. The highest BCUT2D eigenvalue weighted by atomic mass is 79.9. The van der Waals surface area contributed by atoms with Gasteiger partial charge in [0.15, 0.2) is 0 Å². The molecule has 1 aliphatic rings. The van der Waals surface area contributed by atoms with E-state index in [0.717, 1.165) is 35.8 Å². The molecular weight excluding hydrogens is 242 g/mol. The molecule has 0 atom stereocenters. The molecule has 2 N–H and O–H groups in total. The molecule has 4 heteroatoms. The number of anilines is 1. The minimum atomic E-state index is 0.765. The molecule has 3 nitrogen and oxygen atoms in total. The Balaban J connectivity index is 1.91. The molecule has 1 saturated heterocycles. The monoisotopic (exact) mass is 255 g/mol. The van der Waals surface area contributed by atoms with E-state index in [0.29, 0.717) is 0 Å². The summed E-state index contributed by atoms with van der Waals surface area (Å²) in [6.07, 6.45) is 1.84. The second-order valence-corrected chi connectivity index (χ2v) is 4.58. The van der Waals surface area contributed by atoms with Crippen molar-refractivity contribution in [3.05, 3.63) is 22.3 Å². The highest BCUT2D eigenvalue weighted by Crippen LogP contribution is 2.17. The van der Waals surface area contributed by atoms with E-state index in [1.165, 1.54) is 5.56 Å². The summed E-state index contributed by atoms with van der Waals surface area (Å²) < 4.78 is 1.06. The van der Waals surface area contributed by atoms with Crippen LogP contribution in [0.4, 0.5) is 5.82 Å². The van der Waals surface area contributed by atoms with Crippen LogP contribution in [0.25, 0.3) is 0 Å². The first-order valence-electron chi connectivity index (χ1n) is 4.82. The predicted molar refractivity (Wildman–Crippen MR) is 61.5 cm³/mol. The highest BCUT2D eigenvalue weighted by molar-refractivity contribution is 9.10. The molecule has 0 saturated carbocycles. The number of halogens is 1. The topological polar surface area (TPSA) is 37.0 Å². The standard InChI is InChI=1S/C10H14BrN3/c1-7-2-10(14-6-9(7)11)13-5-8-3-12-4-8/h2,6,8,12H,3-5H2,1H3,(H,13,14). The Bertz CT molecular complexity index is 323. The molecule has 2 heterocycles. The fourth-order valence-electron chi connectivity index (χ4n) is 1.38. The number of hydrogen-bond acceptors (Lipinski definition) is 3. The molecule has 1 aliphatic heterocycles. The van der Waals surface area contributed by atoms with Crippen molar-refractivity contribution in [2.24, 2.45) is 5.92 Å². The van der Waals surface area contributed by atoms with E-state index in [9.17, 15) is 0 Å². The minimum Gasteiger partial charge on any atom is -0.370 e. The summed E-state index contributed by atoms with van der Waals surface area (Å²) in [6, 6.07) is 2.07. The zero-order valence-electron chi connectivity index (χ0n) is 8.18. The van der Waals surface area contributed by atoms with Crippen LogP contribution in [0.1, 0.15) is 5.56 Å². The summed E-state index contributed by atoms with van der Waals surface area (Å²) in [5.74, 6) is 1.73. The van der Waals surface area contributed by atoms with Gasteiger partial charge < -0.3 is 10.6 Å². The van der Waals surface area contributed by atoms with Gasteiger partial charge in [0.2, 0.25) is 0 Å². The van der Waals surface area contributed by atoms with Crippen LogP contribution in [0, 0.1) is 12.8 Å². The van der Waals surface area contributed by atoms with Gasteiger partial charge in [-0.25, -0.2) is 4.98 Å². The maximum Gasteiger partial charge on any atom is 0.126 e. The van der Waals surface area contributed by atoms with Gasteiger partial charge in [0.05, 0.1) is 0 Å².